The number of rotatable bonds is 9. The van der Waals surface area contributed by atoms with Gasteiger partial charge in [0.25, 0.3) is 0 Å². The maximum absolute atomic E-state index is 8.64. The van der Waals surface area contributed by atoms with Crippen LogP contribution in [0.25, 0.3) is 0 Å². The molecule has 2 N–H and O–H groups in total. The van der Waals surface area contributed by atoms with E-state index >= 15 is 0 Å². The van der Waals surface area contributed by atoms with Gasteiger partial charge in [-0.25, -0.2) is 0 Å². The fourth-order valence-electron chi connectivity index (χ4n) is 1.89. The summed E-state index contributed by atoms with van der Waals surface area (Å²) < 4.78 is 0. The van der Waals surface area contributed by atoms with E-state index in [1.807, 2.05) is 0 Å². The van der Waals surface area contributed by atoms with Crippen molar-refractivity contribution < 1.29 is 5.11 Å². The molecule has 0 aromatic heterocycles. The average Bonchev–Trinajstić information content (AvgIpc) is 2.24. The minimum atomic E-state index is 0.334. The maximum Gasteiger partial charge on any atom is 0.0431 e. The molecule has 0 atom stereocenters. The average molecular weight is 201 g/mol. The van der Waals surface area contributed by atoms with Crippen LogP contribution in [0.15, 0.2) is 0 Å². The van der Waals surface area contributed by atoms with Crippen LogP contribution < -0.4 is 5.32 Å². The lowest BCUT2D eigenvalue weighted by Gasteiger charge is -2.32. The largest absolute Gasteiger partial charge is 0.396 e. The highest BCUT2D eigenvalue weighted by Gasteiger charge is 2.21. The van der Waals surface area contributed by atoms with Crippen LogP contribution in [-0.4, -0.2) is 23.8 Å². The Hall–Kier alpha value is -0.0800. The lowest BCUT2D eigenvalue weighted by molar-refractivity contribution is 0.271. The van der Waals surface area contributed by atoms with Gasteiger partial charge in [-0.3, -0.25) is 0 Å². The van der Waals surface area contributed by atoms with Gasteiger partial charge < -0.3 is 10.4 Å². The van der Waals surface area contributed by atoms with Gasteiger partial charge in [0.2, 0.25) is 0 Å². The van der Waals surface area contributed by atoms with Crippen LogP contribution in [0.2, 0.25) is 0 Å². The van der Waals surface area contributed by atoms with Crippen LogP contribution in [0.1, 0.15) is 59.3 Å². The molecule has 0 amide bonds. The van der Waals surface area contributed by atoms with E-state index in [0.29, 0.717) is 12.1 Å². The molecule has 0 aliphatic rings. The Morgan fingerprint density at radius 3 is 1.93 bits per heavy atom. The van der Waals surface area contributed by atoms with E-state index in [2.05, 4.69) is 26.1 Å². The third-order valence-corrected chi connectivity index (χ3v) is 3.37. The van der Waals surface area contributed by atoms with E-state index in [-0.39, 0.29) is 0 Å². The van der Waals surface area contributed by atoms with Crippen molar-refractivity contribution in [2.45, 2.75) is 64.8 Å². The second-order valence-electron chi connectivity index (χ2n) is 4.05. The second-order valence-corrected chi connectivity index (χ2v) is 4.05. The third kappa shape index (κ3) is 4.97. The molecule has 0 unspecified atom stereocenters. The molecule has 0 saturated heterocycles. The van der Waals surface area contributed by atoms with Gasteiger partial charge in [0.1, 0.15) is 0 Å². The lowest BCUT2D eigenvalue weighted by Crippen LogP contribution is -2.44. The summed E-state index contributed by atoms with van der Waals surface area (Å²) in [6.07, 6.45) is 6.89. The highest BCUT2D eigenvalue weighted by Crippen LogP contribution is 2.18. The molecule has 0 spiro atoms. The zero-order valence-corrected chi connectivity index (χ0v) is 10.1. The molecule has 0 aliphatic heterocycles. The first kappa shape index (κ1) is 13.9. The summed E-state index contributed by atoms with van der Waals surface area (Å²) in [5.74, 6) is 0. The SMILES string of the molecule is CCC(CC)(CC)NCCCCCO. The van der Waals surface area contributed by atoms with E-state index < -0.39 is 0 Å². The lowest BCUT2D eigenvalue weighted by atomic mass is 9.90. The molecule has 2 heteroatoms. The highest BCUT2D eigenvalue weighted by molar-refractivity contribution is 4.83. The molecule has 0 radical (unpaired) electrons. The fraction of sp³-hybridized carbons (Fsp3) is 1.00. The van der Waals surface area contributed by atoms with Crippen LogP contribution in [0.5, 0.6) is 0 Å². The number of unbranched alkanes of at least 4 members (excludes halogenated alkanes) is 2. The molecule has 2 nitrogen and oxygen atoms in total. The summed E-state index contributed by atoms with van der Waals surface area (Å²) in [4.78, 5) is 0. The van der Waals surface area contributed by atoms with Crippen LogP contribution in [-0.2, 0) is 0 Å². The Labute approximate surface area is 89.1 Å². The first-order chi connectivity index (χ1) is 6.74. The van der Waals surface area contributed by atoms with Crippen molar-refractivity contribution in [1.82, 2.24) is 5.32 Å². The number of aliphatic hydroxyl groups is 1. The predicted octanol–water partition coefficient (Wildman–Crippen LogP) is 2.71. The van der Waals surface area contributed by atoms with Crippen molar-refractivity contribution >= 4 is 0 Å². The Kier molecular flexibility index (Phi) is 8.20. The van der Waals surface area contributed by atoms with Crippen LogP contribution in [0, 0.1) is 0 Å². The number of hydrogen-bond acceptors (Lipinski definition) is 2. The molecule has 86 valence electrons. The highest BCUT2D eigenvalue weighted by atomic mass is 16.2. The van der Waals surface area contributed by atoms with Crippen molar-refractivity contribution in [3.8, 4) is 0 Å². The van der Waals surface area contributed by atoms with E-state index in [1.54, 1.807) is 0 Å². The molecule has 0 bridgehead atoms. The van der Waals surface area contributed by atoms with Gasteiger partial charge in [-0.2, -0.15) is 0 Å². The monoisotopic (exact) mass is 201 g/mol. The first-order valence-electron chi connectivity index (χ1n) is 6.10. The van der Waals surface area contributed by atoms with Crippen LogP contribution >= 0.6 is 0 Å². The molecule has 0 aliphatic carbocycles. The van der Waals surface area contributed by atoms with Gasteiger partial charge in [0.15, 0.2) is 0 Å². The zero-order valence-electron chi connectivity index (χ0n) is 10.1. The molecule has 0 fully saturated rings. The van der Waals surface area contributed by atoms with Crippen molar-refractivity contribution in [2.24, 2.45) is 0 Å². The molecule has 0 rings (SSSR count). The molecule has 0 saturated carbocycles. The first-order valence-corrected chi connectivity index (χ1v) is 6.10. The normalized spacial score (nSPS) is 12.0. The topological polar surface area (TPSA) is 32.3 Å². The summed E-state index contributed by atoms with van der Waals surface area (Å²) in [6.45, 7) is 8.20. The maximum atomic E-state index is 8.64. The quantitative estimate of drug-likeness (QED) is 0.562. The number of hydrogen-bond donors (Lipinski definition) is 2. The predicted molar refractivity (Wildman–Crippen MR) is 62.5 cm³/mol. The Bertz CT molecular complexity index is 113. The summed E-state index contributed by atoms with van der Waals surface area (Å²) in [7, 11) is 0. The minimum Gasteiger partial charge on any atom is -0.396 e. The standard InChI is InChI=1S/C12H27NO/c1-4-12(5-2,6-3)13-10-8-7-9-11-14/h13-14H,4-11H2,1-3H3. The smallest absolute Gasteiger partial charge is 0.0431 e. The second kappa shape index (κ2) is 8.25. The Morgan fingerprint density at radius 1 is 0.929 bits per heavy atom. The molecule has 14 heavy (non-hydrogen) atoms. The Morgan fingerprint density at radius 2 is 1.50 bits per heavy atom. The van der Waals surface area contributed by atoms with Gasteiger partial charge in [0.05, 0.1) is 0 Å². The van der Waals surface area contributed by atoms with E-state index in [9.17, 15) is 0 Å². The summed E-state index contributed by atoms with van der Waals surface area (Å²) in [5.41, 5.74) is 0.360. The fourth-order valence-corrected chi connectivity index (χ4v) is 1.89. The molecule has 0 aromatic rings. The Balaban J connectivity index is 3.61. The van der Waals surface area contributed by atoms with Gasteiger partial charge in [0, 0.05) is 12.1 Å². The zero-order chi connectivity index (χ0) is 10.9. The molecular weight excluding hydrogens is 174 g/mol. The van der Waals surface area contributed by atoms with E-state index in [0.717, 1.165) is 19.4 Å². The minimum absolute atomic E-state index is 0.334. The van der Waals surface area contributed by atoms with Crippen molar-refractivity contribution in [3.05, 3.63) is 0 Å². The van der Waals surface area contributed by atoms with E-state index in [4.69, 9.17) is 5.11 Å². The van der Waals surface area contributed by atoms with E-state index in [1.165, 1.54) is 25.7 Å². The summed E-state index contributed by atoms with van der Waals surface area (Å²) >= 11 is 0. The van der Waals surface area contributed by atoms with Crippen LogP contribution in [0.4, 0.5) is 0 Å². The van der Waals surface area contributed by atoms with Gasteiger partial charge >= 0.3 is 0 Å². The molecule has 0 aromatic carbocycles. The van der Waals surface area contributed by atoms with Crippen molar-refractivity contribution in [3.63, 3.8) is 0 Å². The van der Waals surface area contributed by atoms with Gasteiger partial charge in [-0.15, -0.1) is 0 Å². The van der Waals surface area contributed by atoms with Crippen molar-refractivity contribution in [2.75, 3.05) is 13.2 Å². The molecule has 0 heterocycles. The van der Waals surface area contributed by atoms with Gasteiger partial charge in [-0.05, 0) is 45.1 Å². The molecular formula is C12H27NO. The summed E-state index contributed by atoms with van der Waals surface area (Å²) in [6, 6.07) is 0. The van der Waals surface area contributed by atoms with Crippen LogP contribution in [0.3, 0.4) is 0 Å². The van der Waals surface area contributed by atoms with Crippen molar-refractivity contribution in [1.29, 1.82) is 0 Å². The summed E-state index contributed by atoms with van der Waals surface area (Å²) in [5, 5.41) is 12.3. The van der Waals surface area contributed by atoms with Gasteiger partial charge in [-0.1, -0.05) is 20.8 Å². The number of aliphatic hydroxyl groups excluding tert-OH is 1. The number of nitrogens with one attached hydrogen (secondary N) is 1. The third-order valence-electron chi connectivity index (χ3n) is 3.37.